The molecule has 4 rings (SSSR count). The van der Waals surface area contributed by atoms with Gasteiger partial charge < -0.3 is 5.32 Å². The zero-order chi connectivity index (χ0) is 20.6. The topological polar surface area (TPSA) is 87.5 Å². The van der Waals surface area contributed by atoms with Gasteiger partial charge in [0.15, 0.2) is 0 Å². The number of hydrogen-bond donors (Lipinski definition) is 1. The van der Waals surface area contributed by atoms with Gasteiger partial charge in [0.2, 0.25) is 0 Å². The van der Waals surface area contributed by atoms with Gasteiger partial charge >= 0.3 is 0 Å². The Morgan fingerprint density at radius 1 is 1.31 bits per heavy atom. The third-order valence-electron chi connectivity index (χ3n) is 5.67. The molecule has 1 N–H and O–H groups in total. The van der Waals surface area contributed by atoms with Crippen LogP contribution < -0.4 is 10.3 Å². The minimum absolute atomic E-state index is 0.0489. The van der Waals surface area contributed by atoms with E-state index in [0.29, 0.717) is 42.8 Å². The molecule has 1 fully saturated rings. The first-order valence-corrected chi connectivity index (χ1v) is 9.71. The molecule has 150 valence electrons. The number of rotatable bonds is 3. The highest BCUT2D eigenvalue weighted by atomic mass is 35.5. The third kappa shape index (κ3) is 3.48. The standard InChI is InChI=1S/C20H19ClFN5O2/c1-12-20(19(29)27(26-12)17-3-2-13(22)10-15(17)21)7-4-14(5-8-20)25-18(28)16-6-9-23-11-24-16/h2-3,6,9-11,14H,4-5,7-8H2,1H3,(H,25,28). The van der Waals surface area contributed by atoms with Gasteiger partial charge in [0.1, 0.15) is 17.8 Å². The zero-order valence-electron chi connectivity index (χ0n) is 15.7. The Morgan fingerprint density at radius 3 is 2.72 bits per heavy atom. The molecule has 1 aromatic carbocycles. The van der Waals surface area contributed by atoms with Crippen molar-refractivity contribution in [1.82, 2.24) is 15.3 Å². The van der Waals surface area contributed by atoms with Gasteiger partial charge in [-0.3, -0.25) is 9.59 Å². The van der Waals surface area contributed by atoms with Gasteiger partial charge in [-0.2, -0.15) is 10.1 Å². The summed E-state index contributed by atoms with van der Waals surface area (Å²) in [7, 11) is 0. The van der Waals surface area contributed by atoms with E-state index in [-0.39, 0.29) is 22.9 Å². The molecule has 29 heavy (non-hydrogen) atoms. The number of carbonyl (C=O) groups is 2. The molecule has 1 aliphatic heterocycles. The Labute approximate surface area is 172 Å². The van der Waals surface area contributed by atoms with Crippen LogP contribution in [-0.2, 0) is 4.79 Å². The molecule has 2 heterocycles. The van der Waals surface area contributed by atoms with E-state index in [4.69, 9.17) is 11.6 Å². The van der Waals surface area contributed by atoms with E-state index in [1.165, 1.54) is 35.7 Å². The molecule has 0 radical (unpaired) electrons. The van der Waals surface area contributed by atoms with Crippen LogP contribution in [0.1, 0.15) is 43.1 Å². The Hall–Kier alpha value is -2.87. The molecule has 2 amide bonds. The Kier molecular flexibility index (Phi) is 5.04. The molecule has 9 heteroatoms. The molecule has 2 aliphatic rings. The van der Waals surface area contributed by atoms with Gasteiger partial charge in [-0.1, -0.05) is 11.6 Å². The van der Waals surface area contributed by atoms with Gasteiger partial charge in [-0.25, -0.2) is 14.4 Å². The maximum absolute atomic E-state index is 13.4. The average molecular weight is 416 g/mol. The molecular weight excluding hydrogens is 397 g/mol. The van der Waals surface area contributed by atoms with Crippen molar-refractivity contribution >= 4 is 34.8 Å². The summed E-state index contributed by atoms with van der Waals surface area (Å²) in [6, 6.07) is 5.39. The third-order valence-corrected chi connectivity index (χ3v) is 5.97. The fourth-order valence-corrected chi connectivity index (χ4v) is 4.23. The van der Waals surface area contributed by atoms with Crippen molar-refractivity contribution in [3.63, 3.8) is 0 Å². The second-order valence-electron chi connectivity index (χ2n) is 7.32. The van der Waals surface area contributed by atoms with E-state index >= 15 is 0 Å². The fourth-order valence-electron chi connectivity index (χ4n) is 3.98. The van der Waals surface area contributed by atoms with E-state index in [1.54, 1.807) is 6.07 Å². The highest BCUT2D eigenvalue weighted by molar-refractivity contribution is 6.34. The van der Waals surface area contributed by atoms with E-state index in [1.807, 2.05) is 6.92 Å². The minimum atomic E-state index is -0.714. The van der Waals surface area contributed by atoms with Crippen molar-refractivity contribution in [3.05, 3.63) is 53.3 Å². The van der Waals surface area contributed by atoms with E-state index in [9.17, 15) is 14.0 Å². The smallest absolute Gasteiger partial charge is 0.270 e. The Bertz CT molecular complexity index is 990. The van der Waals surface area contributed by atoms with E-state index in [2.05, 4.69) is 20.4 Å². The Morgan fingerprint density at radius 2 is 2.07 bits per heavy atom. The van der Waals surface area contributed by atoms with Crippen LogP contribution in [0.5, 0.6) is 0 Å². The van der Waals surface area contributed by atoms with Crippen molar-refractivity contribution in [2.75, 3.05) is 5.01 Å². The molecule has 1 aliphatic carbocycles. The Balaban J connectivity index is 1.46. The SMILES string of the molecule is CC1=NN(c2ccc(F)cc2Cl)C(=O)C12CCC(NC(=O)c1ccncn1)CC2. The first-order chi connectivity index (χ1) is 13.9. The molecule has 0 unspecified atom stereocenters. The summed E-state index contributed by atoms with van der Waals surface area (Å²) in [5.74, 6) is -0.888. The molecule has 0 bridgehead atoms. The summed E-state index contributed by atoms with van der Waals surface area (Å²) in [6.07, 6.45) is 5.25. The average Bonchev–Trinajstić information content (AvgIpc) is 2.95. The first kappa shape index (κ1) is 19.4. The predicted octanol–water partition coefficient (Wildman–Crippen LogP) is 3.35. The lowest BCUT2D eigenvalue weighted by Crippen LogP contribution is -2.47. The normalized spacial score (nSPS) is 24.0. The number of aromatic nitrogens is 2. The van der Waals surface area contributed by atoms with Crippen molar-refractivity contribution in [3.8, 4) is 0 Å². The lowest BCUT2D eigenvalue weighted by atomic mass is 9.69. The maximum atomic E-state index is 13.4. The van der Waals surface area contributed by atoms with E-state index in [0.717, 1.165) is 0 Å². The van der Waals surface area contributed by atoms with Crippen molar-refractivity contribution in [2.24, 2.45) is 10.5 Å². The molecule has 1 aromatic heterocycles. The number of halogens is 2. The van der Waals surface area contributed by atoms with Crippen LogP contribution in [0.25, 0.3) is 0 Å². The molecule has 1 saturated carbocycles. The summed E-state index contributed by atoms with van der Waals surface area (Å²) in [6.45, 7) is 1.83. The van der Waals surface area contributed by atoms with Gasteiger partial charge in [-0.15, -0.1) is 0 Å². The molecule has 0 atom stereocenters. The molecular formula is C20H19ClFN5O2. The van der Waals surface area contributed by atoms with Crippen molar-refractivity contribution < 1.29 is 14.0 Å². The number of hydrazone groups is 1. The van der Waals surface area contributed by atoms with Crippen molar-refractivity contribution in [1.29, 1.82) is 0 Å². The number of anilines is 1. The summed E-state index contributed by atoms with van der Waals surface area (Å²) < 4.78 is 13.4. The van der Waals surface area contributed by atoms with Crippen molar-refractivity contribution in [2.45, 2.75) is 38.6 Å². The summed E-state index contributed by atoms with van der Waals surface area (Å²) >= 11 is 6.13. The van der Waals surface area contributed by atoms with Crippen LogP contribution in [0.2, 0.25) is 5.02 Å². The quantitative estimate of drug-likeness (QED) is 0.832. The number of benzene rings is 1. The van der Waals surface area contributed by atoms with Crippen LogP contribution in [0, 0.1) is 11.2 Å². The van der Waals surface area contributed by atoms with Crippen LogP contribution in [0.15, 0.2) is 41.9 Å². The van der Waals surface area contributed by atoms with Crippen LogP contribution in [-0.4, -0.2) is 33.5 Å². The zero-order valence-corrected chi connectivity index (χ0v) is 16.5. The minimum Gasteiger partial charge on any atom is -0.348 e. The molecule has 0 saturated heterocycles. The highest BCUT2D eigenvalue weighted by Gasteiger charge is 2.51. The first-order valence-electron chi connectivity index (χ1n) is 9.33. The molecule has 1 spiro atoms. The van der Waals surface area contributed by atoms with Crippen LogP contribution >= 0.6 is 11.6 Å². The lowest BCUT2D eigenvalue weighted by Gasteiger charge is -2.36. The summed E-state index contributed by atoms with van der Waals surface area (Å²) in [4.78, 5) is 33.3. The van der Waals surface area contributed by atoms with Gasteiger partial charge in [0.25, 0.3) is 11.8 Å². The van der Waals surface area contributed by atoms with Crippen LogP contribution in [0.3, 0.4) is 0 Å². The summed E-state index contributed by atoms with van der Waals surface area (Å²) in [5, 5.41) is 8.81. The van der Waals surface area contributed by atoms with Gasteiger partial charge in [0, 0.05) is 12.2 Å². The second kappa shape index (κ2) is 7.51. The lowest BCUT2D eigenvalue weighted by molar-refractivity contribution is -0.125. The largest absolute Gasteiger partial charge is 0.348 e. The number of amides is 2. The molecule has 2 aromatic rings. The number of hydrogen-bond acceptors (Lipinski definition) is 5. The monoisotopic (exact) mass is 415 g/mol. The van der Waals surface area contributed by atoms with Crippen LogP contribution in [0.4, 0.5) is 10.1 Å². The summed E-state index contributed by atoms with van der Waals surface area (Å²) in [5.41, 5.74) is 0.678. The second-order valence-corrected chi connectivity index (χ2v) is 7.73. The number of nitrogens with zero attached hydrogens (tertiary/aromatic N) is 4. The van der Waals surface area contributed by atoms with Gasteiger partial charge in [-0.05, 0) is 56.9 Å². The van der Waals surface area contributed by atoms with Gasteiger partial charge in [0.05, 0.1) is 21.8 Å². The molecule has 7 nitrogen and oxygen atoms in total. The predicted molar refractivity (Wildman–Crippen MR) is 106 cm³/mol. The van der Waals surface area contributed by atoms with E-state index < -0.39 is 11.2 Å². The number of carbonyl (C=O) groups excluding carboxylic acids is 2. The fraction of sp³-hybridized carbons (Fsp3) is 0.350. The highest BCUT2D eigenvalue weighted by Crippen LogP contribution is 2.45. The number of nitrogens with one attached hydrogen (secondary N) is 1. The maximum Gasteiger partial charge on any atom is 0.270 e.